The maximum Gasteiger partial charge on any atom is 0.115 e. The van der Waals surface area contributed by atoms with Gasteiger partial charge in [-0.15, -0.1) is 0 Å². The molecule has 0 radical (unpaired) electrons. The Bertz CT molecular complexity index is 308. The maximum absolute atomic E-state index is 9.12. The molecule has 0 spiro atoms. The lowest BCUT2D eigenvalue weighted by molar-refractivity contribution is 0.307. The van der Waals surface area contributed by atoms with Gasteiger partial charge >= 0.3 is 0 Å². The van der Waals surface area contributed by atoms with Gasteiger partial charge in [0.1, 0.15) is 5.75 Å². The van der Waals surface area contributed by atoms with Gasteiger partial charge in [-0.25, -0.2) is 0 Å². The Hall–Kier alpha value is -1.35. The zero-order valence-corrected chi connectivity index (χ0v) is 7.57. The highest BCUT2D eigenvalue weighted by Crippen LogP contribution is 2.13. The van der Waals surface area contributed by atoms with E-state index < -0.39 is 0 Å². The van der Waals surface area contributed by atoms with Crippen LogP contribution < -0.4 is 0 Å². The third-order valence-electron chi connectivity index (χ3n) is 1.71. The first-order valence-electron chi connectivity index (χ1n) is 4.14. The molecule has 3 heteroatoms. The molecule has 0 aliphatic heterocycles. The van der Waals surface area contributed by atoms with Crippen LogP contribution in [0.1, 0.15) is 11.1 Å². The minimum Gasteiger partial charge on any atom is -0.508 e. The van der Waals surface area contributed by atoms with E-state index >= 15 is 0 Å². The summed E-state index contributed by atoms with van der Waals surface area (Å²) in [6, 6.07) is 5.10. The molecule has 0 aromatic heterocycles. The Morgan fingerprint density at radius 1 is 1.46 bits per heavy atom. The smallest absolute Gasteiger partial charge is 0.115 e. The van der Waals surface area contributed by atoms with Crippen molar-refractivity contribution in [1.29, 1.82) is 0 Å². The first-order chi connectivity index (χ1) is 6.24. The van der Waals surface area contributed by atoms with E-state index in [1.54, 1.807) is 24.4 Å². The molecular weight excluding hydrogens is 166 g/mol. The topological polar surface area (TPSA) is 52.8 Å². The van der Waals surface area contributed by atoms with E-state index in [1.807, 2.05) is 6.92 Å². The summed E-state index contributed by atoms with van der Waals surface area (Å²) in [6.07, 6.45) is 1.70. The van der Waals surface area contributed by atoms with Gasteiger partial charge in [-0.1, -0.05) is 0 Å². The van der Waals surface area contributed by atoms with E-state index in [4.69, 9.17) is 10.2 Å². The Labute approximate surface area is 77.4 Å². The van der Waals surface area contributed by atoms with Gasteiger partial charge in [0.15, 0.2) is 0 Å². The van der Waals surface area contributed by atoms with E-state index in [0.29, 0.717) is 6.54 Å². The van der Waals surface area contributed by atoms with Crippen LogP contribution in [0.2, 0.25) is 0 Å². The molecule has 3 nitrogen and oxygen atoms in total. The number of aliphatic imine (C=N–C) groups is 1. The molecule has 0 aliphatic rings. The molecule has 0 unspecified atom stereocenters. The molecule has 13 heavy (non-hydrogen) atoms. The zero-order chi connectivity index (χ0) is 9.68. The number of phenolic OH excluding ortho intramolecular Hbond substituents is 1. The summed E-state index contributed by atoms with van der Waals surface area (Å²) in [6.45, 7) is 2.38. The Morgan fingerprint density at radius 3 is 2.85 bits per heavy atom. The molecule has 0 amide bonds. The fraction of sp³-hybridized carbons (Fsp3) is 0.300. The van der Waals surface area contributed by atoms with Crippen molar-refractivity contribution in [3.05, 3.63) is 29.3 Å². The number of aromatic hydroxyl groups is 1. The van der Waals surface area contributed by atoms with Crippen molar-refractivity contribution < 1.29 is 10.2 Å². The molecular formula is C10H13NO2. The Morgan fingerprint density at radius 2 is 2.23 bits per heavy atom. The van der Waals surface area contributed by atoms with Crippen molar-refractivity contribution in [3.63, 3.8) is 0 Å². The summed E-state index contributed by atoms with van der Waals surface area (Å²) in [5, 5.41) is 17.6. The van der Waals surface area contributed by atoms with Crippen LogP contribution in [-0.2, 0) is 0 Å². The third-order valence-corrected chi connectivity index (χ3v) is 1.71. The van der Waals surface area contributed by atoms with Crippen LogP contribution in [0.15, 0.2) is 23.2 Å². The van der Waals surface area contributed by atoms with Crippen molar-refractivity contribution >= 4 is 6.21 Å². The summed E-state index contributed by atoms with van der Waals surface area (Å²) in [5.74, 6) is 0.261. The number of benzene rings is 1. The molecule has 1 aromatic rings. The van der Waals surface area contributed by atoms with E-state index in [0.717, 1.165) is 11.1 Å². The number of hydrogen-bond acceptors (Lipinski definition) is 3. The van der Waals surface area contributed by atoms with Crippen molar-refractivity contribution in [3.8, 4) is 5.75 Å². The molecule has 0 saturated heterocycles. The Balaban J connectivity index is 2.77. The fourth-order valence-electron chi connectivity index (χ4n) is 1.03. The first kappa shape index (κ1) is 9.74. The SMILES string of the molecule is Cc1cc(O)ccc1/C=N/CCO. The fourth-order valence-corrected chi connectivity index (χ4v) is 1.03. The molecule has 0 bridgehead atoms. The quantitative estimate of drug-likeness (QED) is 0.683. The average molecular weight is 179 g/mol. The van der Waals surface area contributed by atoms with E-state index in [1.165, 1.54) is 0 Å². The normalized spacial score (nSPS) is 10.9. The monoisotopic (exact) mass is 179 g/mol. The molecule has 0 aliphatic carbocycles. The number of phenols is 1. The van der Waals surface area contributed by atoms with Gasteiger partial charge in [0, 0.05) is 6.21 Å². The highest BCUT2D eigenvalue weighted by Gasteiger charge is 1.95. The molecule has 0 saturated carbocycles. The van der Waals surface area contributed by atoms with Gasteiger partial charge in [0.05, 0.1) is 13.2 Å². The van der Waals surface area contributed by atoms with Crippen LogP contribution in [0.5, 0.6) is 5.75 Å². The predicted molar refractivity (Wildman–Crippen MR) is 52.4 cm³/mol. The number of aryl methyl sites for hydroxylation is 1. The van der Waals surface area contributed by atoms with Crippen LogP contribution in [0, 0.1) is 6.92 Å². The van der Waals surface area contributed by atoms with Crippen LogP contribution in [-0.4, -0.2) is 29.6 Å². The van der Waals surface area contributed by atoms with Crippen molar-refractivity contribution in [2.45, 2.75) is 6.92 Å². The van der Waals surface area contributed by atoms with Crippen molar-refractivity contribution in [1.82, 2.24) is 0 Å². The minimum atomic E-state index is 0.0631. The molecule has 0 fully saturated rings. The van der Waals surface area contributed by atoms with Gasteiger partial charge in [-0.05, 0) is 36.2 Å². The molecule has 70 valence electrons. The number of nitrogens with zero attached hydrogens (tertiary/aromatic N) is 1. The van der Waals surface area contributed by atoms with E-state index in [2.05, 4.69) is 4.99 Å². The van der Waals surface area contributed by atoms with Crippen molar-refractivity contribution in [2.24, 2.45) is 4.99 Å². The predicted octanol–water partition coefficient (Wildman–Crippen LogP) is 1.11. The Kier molecular flexibility index (Phi) is 3.46. The standard InChI is InChI=1S/C10H13NO2/c1-8-6-10(13)3-2-9(8)7-11-4-5-12/h2-3,6-7,12-13H,4-5H2,1H3/b11-7+. The van der Waals surface area contributed by atoms with E-state index in [-0.39, 0.29) is 12.4 Å². The summed E-state index contributed by atoms with van der Waals surface area (Å²) in [4.78, 5) is 3.99. The van der Waals surface area contributed by atoms with Crippen LogP contribution >= 0.6 is 0 Å². The average Bonchev–Trinajstić information content (AvgIpc) is 2.09. The number of hydrogen-bond donors (Lipinski definition) is 2. The van der Waals surface area contributed by atoms with Gasteiger partial charge in [0.25, 0.3) is 0 Å². The van der Waals surface area contributed by atoms with Gasteiger partial charge in [-0.3, -0.25) is 4.99 Å². The van der Waals surface area contributed by atoms with Gasteiger partial charge < -0.3 is 10.2 Å². The van der Waals surface area contributed by atoms with E-state index in [9.17, 15) is 0 Å². The molecule has 2 N–H and O–H groups in total. The summed E-state index contributed by atoms with van der Waals surface area (Å²) in [5.41, 5.74) is 1.94. The molecule has 0 heterocycles. The van der Waals surface area contributed by atoms with Crippen LogP contribution in [0.25, 0.3) is 0 Å². The van der Waals surface area contributed by atoms with Gasteiger partial charge in [0.2, 0.25) is 0 Å². The highest BCUT2D eigenvalue weighted by atomic mass is 16.3. The number of rotatable bonds is 3. The third kappa shape index (κ3) is 2.87. The molecule has 1 aromatic carbocycles. The maximum atomic E-state index is 9.12. The summed E-state index contributed by atoms with van der Waals surface area (Å²) in [7, 11) is 0. The second-order valence-corrected chi connectivity index (χ2v) is 2.80. The van der Waals surface area contributed by atoms with Gasteiger partial charge in [-0.2, -0.15) is 0 Å². The molecule has 0 atom stereocenters. The number of aliphatic hydroxyl groups is 1. The van der Waals surface area contributed by atoms with Crippen LogP contribution in [0.3, 0.4) is 0 Å². The lowest BCUT2D eigenvalue weighted by Gasteiger charge is -1.99. The first-order valence-corrected chi connectivity index (χ1v) is 4.14. The lowest BCUT2D eigenvalue weighted by Crippen LogP contribution is -1.91. The summed E-state index contributed by atoms with van der Waals surface area (Å²) >= 11 is 0. The second kappa shape index (κ2) is 4.62. The van der Waals surface area contributed by atoms with Crippen molar-refractivity contribution in [2.75, 3.05) is 13.2 Å². The second-order valence-electron chi connectivity index (χ2n) is 2.80. The largest absolute Gasteiger partial charge is 0.508 e. The highest BCUT2D eigenvalue weighted by molar-refractivity contribution is 5.81. The van der Waals surface area contributed by atoms with Crippen LogP contribution in [0.4, 0.5) is 0 Å². The minimum absolute atomic E-state index is 0.0631. The number of aliphatic hydroxyl groups excluding tert-OH is 1. The zero-order valence-electron chi connectivity index (χ0n) is 7.57. The molecule has 1 rings (SSSR count). The summed E-state index contributed by atoms with van der Waals surface area (Å²) < 4.78 is 0. The lowest BCUT2D eigenvalue weighted by atomic mass is 10.1.